The maximum atomic E-state index is 14.8. The molecular formula is C26H30F2N8O. The second-order valence-corrected chi connectivity index (χ2v) is 9.08. The van der Waals surface area contributed by atoms with Crippen LogP contribution in [0.15, 0.2) is 47.7 Å². The van der Waals surface area contributed by atoms with Gasteiger partial charge in [-0.3, -0.25) is 4.79 Å². The third-order valence-corrected chi connectivity index (χ3v) is 6.35. The molecule has 0 radical (unpaired) electrons. The molecule has 0 unspecified atom stereocenters. The number of amidine groups is 1. The largest absolute Gasteiger partial charge is 0.367 e. The van der Waals surface area contributed by atoms with Gasteiger partial charge < -0.3 is 20.0 Å². The van der Waals surface area contributed by atoms with Gasteiger partial charge in [0, 0.05) is 44.8 Å². The molecule has 1 N–H and O–H groups in total. The van der Waals surface area contributed by atoms with E-state index in [9.17, 15) is 13.6 Å². The summed E-state index contributed by atoms with van der Waals surface area (Å²) in [4.78, 5) is 33.7. The number of rotatable bonds is 7. The molecule has 3 heterocycles. The van der Waals surface area contributed by atoms with Gasteiger partial charge in [0.1, 0.15) is 28.9 Å². The van der Waals surface area contributed by atoms with Crippen molar-refractivity contribution >= 4 is 35.4 Å². The fraction of sp³-hybridized carbons (Fsp3) is 0.346. The summed E-state index contributed by atoms with van der Waals surface area (Å²) in [6, 6.07) is 8.20. The Kier molecular flexibility index (Phi) is 7.90. The molecule has 11 heteroatoms. The molecule has 1 aromatic carbocycles. The second kappa shape index (κ2) is 11.3. The van der Waals surface area contributed by atoms with Crippen LogP contribution >= 0.6 is 0 Å². The molecule has 1 saturated heterocycles. The van der Waals surface area contributed by atoms with Gasteiger partial charge >= 0.3 is 0 Å². The fourth-order valence-electron chi connectivity index (χ4n) is 3.85. The van der Waals surface area contributed by atoms with Gasteiger partial charge in [0.2, 0.25) is 12.4 Å². The summed E-state index contributed by atoms with van der Waals surface area (Å²) in [7, 11) is 1.89. The predicted molar refractivity (Wildman–Crippen MR) is 140 cm³/mol. The highest BCUT2D eigenvalue weighted by atomic mass is 19.1. The predicted octanol–water partition coefficient (Wildman–Crippen LogP) is 4.23. The molecule has 9 nitrogen and oxygen atoms in total. The van der Waals surface area contributed by atoms with Crippen LogP contribution in [0.4, 0.5) is 31.9 Å². The molecule has 0 aliphatic carbocycles. The zero-order valence-corrected chi connectivity index (χ0v) is 21.3. The molecule has 4 rings (SSSR count). The second-order valence-electron chi connectivity index (χ2n) is 9.08. The van der Waals surface area contributed by atoms with E-state index in [-0.39, 0.29) is 28.9 Å². The van der Waals surface area contributed by atoms with E-state index in [1.54, 1.807) is 23.2 Å². The SMILES string of the molecule is CC(=Nc1ccc(-c2nc(Nc3ccc(N4CCN(C=O)CC4)cn3)ncc2F)cc1F)N(C)C(C)C. The average molecular weight is 509 g/mol. The summed E-state index contributed by atoms with van der Waals surface area (Å²) < 4.78 is 29.4. The van der Waals surface area contributed by atoms with Crippen molar-refractivity contribution in [2.75, 3.05) is 43.4 Å². The molecule has 37 heavy (non-hydrogen) atoms. The number of pyridine rings is 1. The average Bonchev–Trinajstić information content (AvgIpc) is 2.91. The molecule has 0 saturated carbocycles. The smallest absolute Gasteiger partial charge is 0.229 e. The van der Waals surface area contributed by atoms with Crippen molar-refractivity contribution in [3.05, 3.63) is 54.4 Å². The summed E-state index contributed by atoms with van der Waals surface area (Å²) in [5.41, 5.74) is 1.34. The van der Waals surface area contributed by atoms with Crippen LogP contribution in [-0.2, 0) is 4.79 Å². The Bertz CT molecular complexity index is 1270. The Morgan fingerprint density at radius 2 is 1.84 bits per heavy atom. The van der Waals surface area contributed by atoms with Crippen molar-refractivity contribution in [3.63, 3.8) is 0 Å². The minimum absolute atomic E-state index is 0.0346. The molecule has 2 aromatic heterocycles. The van der Waals surface area contributed by atoms with Crippen molar-refractivity contribution in [1.29, 1.82) is 0 Å². The van der Waals surface area contributed by atoms with Gasteiger partial charge in [-0.25, -0.2) is 28.7 Å². The first-order valence-electron chi connectivity index (χ1n) is 12.0. The molecule has 0 bridgehead atoms. The molecule has 0 atom stereocenters. The van der Waals surface area contributed by atoms with Crippen LogP contribution in [0.3, 0.4) is 0 Å². The molecule has 1 fully saturated rings. The van der Waals surface area contributed by atoms with Gasteiger partial charge in [-0.1, -0.05) is 6.07 Å². The van der Waals surface area contributed by atoms with E-state index >= 15 is 0 Å². The number of hydrogen-bond acceptors (Lipinski definition) is 7. The molecule has 1 amide bonds. The standard InChI is InChI=1S/C26H30F2N8O/c1-17(2)34(4)18(3)31-23-7-5-19(13-21(23)27)25-22(28)15-30-26(33-25)32-24-8-6-20(14-29-24)36-11-9-35(16-37)10-12-36/h5-8,13-17H,9-12H2,1-4H3,(H,29,30,32,33). The highest BCUT2D eigenvalue weighted by Crippen LogP contribution is 2.28. The van der Waals surface area contributed by atoms with Gasteiger partial charge in [0.15, 0.2) is 5.82 Å². The quantitative estimate of drug-likeness (QED) is 0.290. The number of carbonyl (C=O) groups is 1. The minimum atomic E-state index is -0.672. The lowest BCUT2D eigenvalue weighted by atomic mass is 10.1. The number of benzene rings is 1. The Labute approximate surface area is 214 Å². The molecular weight excluding hydrogens is 478 g/mol. The Hall–Kier alpha value is -4.15. The molecule has 1 aliphatic heterocycles. The lowest BCUT2D eigenvalue weighted by Gasteiger charge is -2.33. The van der Waals surface area contributed by atoms with E-state index in [2.05, 4.69) is 30.2 Å². The van der Waals surface area contributed by atoms with E-state index in [4.69, 9.17) is 0 Å². The third-order valence-electron chi connectivity index (χ3n) is 6.35. The zero-order chi connectivity index (χ0) is 26.5. The number of halogens is 2. The van der Waals surface area contributed by atoms with Crippen LogP contribution in [0.1, 0.15) is 20.8 Å². The highest BCUT2D eigenvalue weighted by Gasteiger charge is 2.17. The third kappa shape index (κ3) is 6.16. The molecule has 194 valence electrons. The number of amides is 1. The number of nitrogens with one attached hydrogen (secondary N) is 1. The van der Waals surface area contributed by atoms with Crippen molar-refractivity contribution < 1.29 is 13.6 Å². The van der Waals surface area contributed by atoms with Gasteiger partial charge in [-0.05, 0) is 45.0 Å². The monoisotopic (exact) mass is 508 g/mol. The Balaban J connectivity index is 1.49. The molecule has 3 aromatic rings. The number of piperazine rings is 1. The van der Waals surface area contributed by atoms with Gasteiger partial charge in [-0.15, -0.1) is 0 Å². The number of aliphatic imine (C=N–C) groups is 1. The lowest BCUT2D eigenvalue weighted by Crippen LogP contribution is -2.45. The molecule has 0 spiro atoms. The normalized spacial score (nSPS) is 14.2. The van der Waals surface area contributed by atoms with Gasteiger partial charge in [0.25, 0.3) is 0 Å². The van der Waals surface area contributed by atoms with Gasteiger partial charge in [0.05, 0.1) is 18.1 Å². The highest BCUT2D eigenvalue weighted by molar-refractivity contribution is 5.83. The summed E-state index contributed by atoms with van der Waals surface area (Å²) in [6.45, 7) is 8.63. The van der Waals surface area contributed by atoms with Crippen molar-refractivity contribution in [1.82, 2.24) is 24.8 Å². The van der Waals surface area contributed by atoms with E-state index in [0.29, 0.717) is 24.7 Å². The number of anilines is 3. The van der Waals surface area contributed by atoms with E-state index < -0.39 is 11.6 Å². The zero-order valence-electron chi connectivity index (χ0n) is 21.3. The van der Waals surface area contributed by atoms with Crippen LogP contribution in [0.25, 0.3) is 11.3 Å². The number of aromatic nitrogens is 3. The summed E-state index contributed by atoms with van der Waals surface area (Å²) >= 11 is 0. The fourth-order valence-corrected chi connectivity index (χ4v) is 3.85. The van der Waals surface area contributed by atoms with Crippen molar-refractivity contribution in [2.24, 2.45) is 4.99 Å². The topological polar surface area (TPSA) is 89.8 Å². The minimum Gasteiger partial charge on any atom is -0.367 e. The van der Waals surface area contributed by atoms with Crippen LogP contribution in [0, 0.1) is 11.6 Å². The Morgan fingerprint density at radius 3 is 2.46 bits per heavy atom. The van der Waals surface area contributed by atoms with Crippen molar-refractivity contribution in [3.8, 4) is 11.3 Å². The summed E-state index contributed by atoms with van der Waals surface area (Å²) in [5, 5.41) is 2.97. The van der Waals surface area contributed by atoms with E-state index in [0.717, 1.165) is 31.4 Å². The summed E-state index contributed by atoms with van der Waals surface area (Å²) in [5.74, 6) is 0.0344. The molecule has 1 aliphatic rings. The Morgan fingerprint density at radius 1 is 1.08 bits per heavy atom. The van der Waals surface area contributed by atoms with E-state index in [1.807, 2.05) is 38.8 Å². The number of carbonyl (C=O) groups excluding carboxylic acids is 1. The first kappa shape index (κ1) is 25.9. The maximum Gasteiger partial charge on any atom is 0.229 e. The summed E-state index contributed by atoms with van der Waals surface area (Å²) in [6.07, 6.45) is 3.62. The number of hydrogen-bond donors (Lipinski definition) is 1. The lowest BCUT2D eigenvalue weighted by molar-refractivity contribution is -0.118. The van der Waals surface area contributed by atoms with Crippen molar-refractivity contribution in [2.45, 2.75) is 26.8 Å². The maximum absolute atomic E-state index is 14.8. The van der Waals surface area contributed by atoms with E-state index in [1.165, 1.54) is 12.1 Å². The van der Waals surface area contributed by atoms with Crippen LogP contribution in [0.2, 0.25) is 0 Å². The van der Waals surface area contributed by atoms with Crippen LogP contribution < -0.4 is 10.2 Å². The first-order valence-corrected chi connectivity index (χ1v) is 12.0. The number of nitrogens with zero attached hydrogens (tertiary/aromatic N) is 7. The first-order chi connectivity index (χ1) is 17.7. The van der Waals surface area contributed by atoms with Gasteiger partial charge in [-0.2, -0.15) is 0 Å². The van der Waals surface area contributed by atoms with Crippen LogP contribution in [-0.4, -0.2) is 76.3 Å². The van der Waals surface area contributed by atoms with Crippen LogP contribution in [0.5, 0.6) is 0 Å².